The number of aromatic nitrogens is 1. The minimum Gasteiger partial charge on any atom is -0.381 e. The van der Waals surface area contributed by atoms with E-state index in [4.69, 9.17) is 14.3 Å². The van der Waals surface area contributed by atoms with Crippen molar-refractivity contribution in [2.75, 3.05) is 33.4 Å². The summed E-state index contributed by atoms with van der Waals surface area (Å²) >= 11 is 0. The maximum absolute atomic E-state index is 5.50. The molecule has 1 saturated heterocycles. The normalized spacial score (nSPS) is 16.3. The van der Waals surface area contributed by atoms with Gasteiger partial charge < -0.3 is 19.5 Å². The van der Waals surface area contributed by atoms with Crippen molar-refractivity contribution >= 4 is 5.96 Å². The Balaban J connectivity index is 1.90. The molecule has 0 spiro atoms. The van der Waals surface area contributed by atoms with Crippen LogP contribution in [0.4, 0.5) is 0 Å². The van der Waals surface area contributed by atoms with Crippen LogP contribution in [-0.2, 0) is 11.3 Å². The van der Waals surface area contributed by atoms with Crippen LogP contribution in [0.2, 0.25) is 0 Å². The van der Waals surface area contributed by atoms with E-state index in [0.29, 0.717) is 12.5 Å². The molecular formula is C20H36N4O2. The molecule has 1 aliphatic heterocycles. The SMILES string of the molecule is CCNC(=NCc1cc(C(CC)CC)no1)N(C)CCC1CCOCC1. The average molecular weight is 365 g/mol. The summed E-state index contributed by atoms with van der Waals surface area (Å²) in [5.74, 6) is 3.01. The average Bonchev–Trinajstić information content (AvgIpc) is 3.14. The van der Waals surface area contributed by atoms with E-state index in [1.165, 1.54) is 19.3 Å². The number of hydrogen-bond acceptors (Lipinski definition) is 4. The third-order valence-electron chi connectivity index (χ3n) is 5.28. The summed E-state index contributed by atoms with van der Waals surface area (Å²) in [5, 5.41) is 7.62. The van der Waals surface area contributed by atoms with Gasteiger partial charge in [-0.05, 0) is 44.9 Å². The highest BCUT2D eigenvalue weighted by molar-refractivity contribution is 5.79. The van der Waals surface area contributed by atoms with Gasteiger partial charge in [0.2, 0.25) is 0 Å². The first-order valence-electron chi connectivity index (χ1n) is 10.2. The monoisotopic (exact) mass is 364 g/mol. The minimum absolute atomic E-state index is 0.479. The molecule has 2 heterocycles. The van der Waals surface area contributed by atoms with Crippen LogP contribution in [0, 0.1) is 5.92 Å². The van der Waals surface area contributed by atoms with Crippen LogP contribution in [0.25, 0.3) is 0 Å². The molecule has 0 atom stereocenters. The van der Waals surface area contributed by atoms with Gasteiger partial charge in [-0.1, -0.05) is 19.0 Å². The van der Waals surface area contributed by atoms with Gasteiger partial charge >= 0.3 is 0 Å². The lowest BCUT2D eigenvalue weighted by Gasteiger charge is -2.26. The van der Waals surface area contributed by atoms with Crippen LogP contribution in [0.3, 0.4) is 0 Å². The van der Waals surface area contributed by atoms with Crippen molar-refractivity contribution in [2.45, 2.75) is 65.3 Å². The summed E-state index contributed by atoms with van der Waals surface area (Å²) in [6.45, 7) is 10.7. The molecule has 0 radical (unpaired) electrons. The lowest BCUT2D eigenvalue weighted by atomic mass is 9.96. The highest BCUT2D eigenvalue weighted by atomic mass is 16.5. The van der Waals surface area contributed by atoms with Gasteiger partial charge in [0.05, 0.1) is 5.69 Å². The van der Waals surface area contributed by atoms with Gasteiger partial charge in [0.1, 0.15) is 6.54 Å². The van der Waals surface area contributed by atoms with Gasteiger partial charge in [-0.25, -0.2) is 4.99 Å². The molecule has 2 rings (SSSR count). The van der Waals surface area contributed by atoms with E-state index in [1.807, 2.05) is 0 Å². The highest BCUT2D eigenvalue weighted by Gasteiger charge is 2.16. The van der Waals surface area contributed by atoms with Crippen LogP contribution in [0.1, 0.15) is 70.2 Å². The van der Waals surface area contributed by atoms with Crippen molar-refractivity contribution in [3.8, 4) is 0 Å². The number of guanidine groups is 1. The van der Waals surface area contributed by atoms with E-state index in [1.54, 1.807) is 0 Å². The summed E-state index contributed by atoms with van der Waals surface area (Å²) in [7, 11) is 2.11. The summed E-state index contributed by atoms with van der Waals surface area (Å²) in [5.41, 5.74) is 1.05. The predicted molar refractivity (Wildman–Crippen MR) is 105 cm³/mol. The summed E-state index contributed by atoms with van der Waals surface area (Å²) in [6, 6.07) is 2.06. The Morgan fingerprint density at radius 3 is 2.69 bits per heavy atom. The lowest BCUT2D eigenvalue weighted by Crippen LogP contribution is -2.40. The quantitative estimate of drug-likeness (QED) is 0.533. The molecule has 1 N–H and O–H groups in total. The van der Waals surface area contributed by atoms with E-state index in [-0.39, 0.29) is 0 Å². The molecule has 0 amide bonds. The standard InChI is InChI=1S/C20H36N4O2/c1-5-17(6-2)19-14-18(26-23-19)15-22-20(21-7-3)24(4)11-8-16-9-12-25-13-10-16/h14,16-17H,5-13,15H2,1-4H3,(H,21,22). The molecule has 0 aromatic carbocycles. The lowest BCUT2D eigenvalue weighted by molar-refractivity contribution is 0.0625. The number of rotatable bonds is 9. The molecule has 0 unspecified atom stereocenters. The van der Waals surface area contributed by atoms with Gasteiger partial charge in [-0.2, -0.15) is 0 Å². The molecule has 1 aromatic rings. The maximum atomic E-state index is 5.50. The maximum Gasteiger partial charge on any atom is 0.194 e. The van der Waals surface area contributed by atoms with Gasteiger partial charge in [-0.3, -0.25) is 0 Å². The molecular weight excluding hydrogens is 328 g/mol. The predicted octanol–water partition coefficient (Wildman–Crippen LogP) is 3.79. The van der Waals surface area contributed by atoms with Crippen molar-refractivity contribution in [1.29, 1.82) is 0 Å². The number of nitrogens with one attached hydrogen (secondary N) is 1. The first kappa shape index (κ1) is 20.7. The van der Waals surface area contributed by atoms with Crippen LogP contribution >= 0.6 is 0 Å². The van der Waals surface area contributed by atoms with Crippen molar-refractivity contribution in [1.82, 2.24) is 15.4 Å². The number of aliphatic imine (C=N–C) groups is 1. The Morgan fingerprint density at radius 2 is 2.04 bits per heavy atom. The van der Waals surface area contributed by atoms with E-state index >= 15 is 0 Å². The second-order valence-electron chi connectivity index (χ2n) is 7.17. The van der Waals surface area contributed by atoms with Gasteiger partial charge in [0.15, 0.2) is 11.7 Å². The van der Waals surface area contributed by atoms with Crippen LogP contribution in [-0.4, -0.2) is 49.4 Å². The molecule has 0 bridgehead atoms. The summed E-state index contributed by atoms with van der Waals surface area (Å²) < 4.78 is 10.9. The Morgan fingerprint density at radius 1 is 1.31 bits per heavy atom. The molecule has 1 aromatic heterocycles. The summed E-state index contributed by atoms with van der Waals surface area (Å²) in [6.07, 6.45) is 5.72. The number of hydrogen-bond donors (Lipinski definition) is 1. The highest BCUT2D eigenvalue weighted by Crippen LogP contribution is 2.22. The van der Waals surface area contributed by atoms with Gasteiger partial charge in [-0.15, -0.1) is 0 Å². The van der Waals surface area contributed by atoms with Crippen molar-refractivity contribution in [3.63, 3.8) is 0 Å². The van der Waals surface area contributed by atoms with Crippen LogP contribution in [0.15, 0.2) is 15.6 Å². The van der Waals surface area contributed by atoms with Gasteiger partial charge in [0, 0.05) is 45.3 Å². The van der Waals surface area contributed by atoms with Crippen LogP contribution in [0.5, 0.6) is 0 Å². The second kappa shape index (κ2) is 11.2. The second-order valence-corrected chi connectivity index (χ2v) is 7.17. The molecule has 1 aliphatic rings. The van der Waals surface area contributed by atoms with Crippen molar-refractivity contribution in [3.05, 3.63) is 17.5 Å². The van der Waals surface area contributed by atoms with Crippen LogP contribution < -0.4 is 5.32 Å². The van der Waals surface area contributed by atoms with Crippen molar-refractivity contribution < 1.29 is 9.26 Å². The fourth-order valence-electron chi connectivity index (χ4n) is 3.44. The summed E-state index contributed by atoms with van der Waals surface area (Å²) in [4.78, 5) is 6.96. The molecule has 1 fully saturated rings. The Kier molecular flexibility index (Phi) is 8.95. The van der Waals surface area contributed by atoms with Crippen molar-refractivity contribution in [2.24, 2.45) is 10.9 Å². The third kappa shape index (κ3) is 6.31. The third-order valence-corrected chi connectivity index (χ3v) is 5.28. The van der Waals surface area contributed by atoms with E-state index < -0.39 is 0 Å². The Bertz CT molecular complexity index is 534. The zero-order valence-electron chi connectivity index (χ0n) is 17.0. The fraction of sp³-hybridized carbons (Fsp3) is 0.800. The van der Waals surface area contributed by atoms with Gasteiger partial charge in [0.25, 0.3) is 0 Å². The minimum atomic E-state index is 0.479. The van der Waals surface area contributed by atoms with E-state index in [2.05, 4.69) is 49.3 Å². The van der Waals surface area contributed by atoms with E-state index in [9.17, 15) is 0 Å². The van der Waals surface area contributed by atoms with E-state index in [0.717, 1.165) is 62.5 Å². The molecule has 6 nitrogen and oxygen atoms in total. The Hall–Kier alpha value is -1.56. The first-order valence-corrected chi connectivity index (χ1v) is 10.2. The topological polar surface area (TPSA) is 62.9 Å². The zero-order chi connectivity index (χ0) is 18.8. The number of ether oxygens (including phenoxy) is 1. The molecule has 0 saturated carbocycles. The first-order chi connectivity index (χ1) is 12.7. The molecule has 148 valence electrons. The largest absolute Gasteiger partial charge is 0.381 e. The fourth-order valence-corrected chi connectivity index (χ4v) is 3.44. The molecule has 0 aliphatic carbocycles. The Labute approximate surface area is 158 Å². The zero-order valence-corrected chi connectivity index (χ0v) is 17.0. The number of nitrogens with zero attached hydrogens (tertiary/aromatic N) is 3. The smallest absolute Gasteiger partial charge is 0.194 e. The molecule has 26 heavy (non-hydrogen) atoms. The molecule has 6 heteroatoms.